The van der Waals surface area contributed by atoms with Crippen molar-refractivity contribution in [2.45, 2.75) is 20.3 Å². The fraction of sp³-hybridized carbons (Fsp3) is 0.130. The smallest absolute Gasteiger partial charge is 0.282 e. The molecule has 0 unspecified atom stereocenters. The van der Waals surface area contributed by atoms with Gasteiger partial charge >= 0.3 is 0 Å². The minimum atomic E-state index is -0.386. The number of anilines is 2. The molecule has 6 heteroatoms. The predicted molar refractivity (Wildman–Crippen MR) is 119 cm³/mol. The largest absolute Gasteiger partial charge is 0.350 e. The van der Waals surface area contributed by atoms with E-state index < -0.39 is 0 Å². The van der Waals surface area contributed by atoms with Crippen LogP contribution in [0.4, 0.5) is 11.4 Å². The lowest BCUT2D eigenvalue weighted by molar-refractivity contribution is -0.120. The summed E-state index contributed by atoms with van der Waals surface area (Å²) < 4.78 is 0. The lowest BCUT2D eigenvalue weighted by Crippen LogP contribution is -2.33. The van der Waals surface area contributed by atoms with Gasteiger partial charge in [-0.25, -0.2) is 4.90 Å². The minimum Gasteiger partial charge on any atom is -0.350 e. The molecule has 1 N–H and O–H groups in total. The summed E-state index contributed by atoms with van der Waals surface area (Å²) in [6.45, 7) is 3.94. The van der Waals surface area contributed by atoms with E-state index in [0.717, 1.165) is 22.5 Å². The van der Waals surface area contributed by atoms with E-state index in [1.165, 1.54) is 21.8 Å². The van der Waals surface area contributed by atoms with Crippen molar-refractivity contribution < 1.29 is 9.59 Å². The highest BCUT2D eigenvalue weighted by atomic mass is 35.5. The number of carbonyl (C=O) groups is 2. The molecule has 29 heavy (non-hydrogen) atoms. The van der Waals surface area contributed by atoms with Gasteiger partial charge in [-0.05, 0) is 60.2 Å². The van der Waals surface area contributed by atoms with Gasteiger partial charge in [-0.3, -0.25) is 9.59 Å². The molecule has 0 aliphatic carbocycles. The highest BCUT2D eigenvalue weighted by molar-refractivity contribution is 7.11. The average molecular weight is 423 g/mol. The van der Waals surface area contributed by atoms with Crippen LogP contribution in [0.1, 0.15) is 22.9 Å². The van der Waals surface area contributed by atoms with E-state index in [1.807, 2.05) is 48.7 Å². The molecule has 0 saturated carbocycles. The fourth-order valence-corrected chi connectivity index (χ4v) is 4.24. The zero-order valence-electron chi connectivity index (χ0n) is 16.0. The molecule has 146 valence electrons. The molecule has 1 aliphatic rings. The maximum atomic E-state index is 13.4. The van der Waals surface area contributed by atoms with Gasteiger partial charge in [0.05, 0.1) is 11.3 Å². The first kappa shape index (κ1) is 19.4. The molecular weight excluding hydrogens is 404 g/mol. The molecule has 1 aromatic heterocycles. The molecule has 4 rings (SSSR count). The molecule has 0 atom stereocenters. The SMILES string of the molecule is CCc1ccc(NC2=C(c3cccs3)C(=O)N(c3cc(Cl)ccc3C)C2=O)cc1. The number of hydrogen-bond donors (Lipinski definition) is 1. The molecule has 2 heterocycles. The van der Waals surface area contributed by atoms with E-state index in [4.69, 9.17) is 11.6 Å². The van der Waals surface area contributed by atoms with Gasteiger partial charge < -0.3 is 5.32 Å². The Morgan fingerprint density at radius 2 is 1.79 bits per heavy atom. The second-order valence-electron chi connectivity index (χ2n) is 6.78. The molecule has 0 bridgehead atoms. The van der Waals surface area contributed by atoms with Crippen LogP contribution in [0, 0.1) is 6.92 Å². The van der Waals surface area contributed by atoms with Gasteiger partial charge in [0.15, 0.2) is 0 Å². The van der Waals surface area contributed by atoms with Crippen molar-refractivity contribution in [3.63, 3.8) is 0 Å². The number of amides is 2. The summed E-state index contributed by atoms with van der Waals surface area (Å²) in [6, 6.07) is 16.8. The van der Waals surface area contributed by atoms with Crippen molar-refractivity contribution in [1.29, 1.82) is 0 Å². The summed E-state index contributed by atoms with van der Waals surface area (Å²) in [5.41, 5.74) is 3.92. The number of imide groups is 1. The van der Waals surface area contributed by atoms with Crippen LogP contribution in [0.25, 0.3) is 5.57 Å². The van der Waals surface area contributed by atoms with Crippen LogP contribution in [0.3, 0.4) is 0 Å². The van der Waals surface area contributed by atoms with Crippen molar-refractivity contribution >= 4 is 51.7 Å². The third-order valence-corrected chi connectivity index (χ3v) is 6.02. The number of aryl methyl sites for hydroxylation is 2. The number of halogens is 1. The van der Waals surface area contributed by atoms with Gasteiger partial charge in [-0.15, -0.1) is 11.3 Å². The molecule has 2 amide bonds. The summed E-state index contributed by atoms with van der Waals surface area (Å²) in [6.07, 6.45) is 0.933. The van der Waals surface area contributed by atoms with Gasteiger partial charge in [-0.1, -0.05) is 42.8 Å². The normalized spacial score (nSPS) is 14.1. The zero-order chi connectivity index (χ0) is 20.5. The zero-order valence-corrected chi connectivity index (χ0v) is 17.6. The maximum absolute atomic E-state index is 13.4. The van der Waals surface area contributed by atoms with Crippen molar-refractivity contribution in [2.24, 2.45) is 0 Å². The molecule has 2 aromatic carbocycles. The second kappa shape index (κ2) is 7.85. The Hall–Kier alpha value is -2.89. The summed E-state index contributed by atoms with van der Waals surface area (Å²) in [7, 11) is 0. The third kappa shape index (κ3) is 3.59. The van der Waals surface area contributed by atoms with Gasteiger partial charge in [0.1, 0.15) is 5.70 Å². The number of rotatable bonds is 5. The first-order valence-electron chi connectivity index (χ1n) is 9.28. The number of thiophene rings is 1. The van der Waals surface area contributed by atoms with Gasteiger partial charge in [-0.2, -0.15) is 0 Å². The van der Waals surface area contributed by atoms with Crippen LogP contribution in [0.5, 0.6) is 0 Å². The molecule has 0 saturated heterocycles. The Labute approximate surface area is 178 Å². The summed E-state index contributed by atoms with van der Waals surface area (Å²) in [4.78, 5) is 28.7. The maximum Gasteiger partial charge on any atom is 0.282 e. The van der Waals surface area contributed by atoms with Crippen molar-refractivity contribution in [3.8, 4) is 0 Å². The van der Waals surface area contributed by atoms with Crippen molar-refractivity contribution in [3.05, 3.63) is 86.7 Å². The molecule has 0 radical (unpaired) electrons. The summed E-state index contributed by atoms with van der Waals surface area (Å²) >= 11 is 7.57. The lowest BCUT2D eigenvalue weighted by Gasteiger charge is -2.18. The highest BCUT2D eigenvalue weighted by Crippen LogP contribution is 2.37. The van der Waals surface area contributed by atoms with E-state index >= 15 is 0 Å². The Kier molecular flexibility index (Phi) is 5.26. The predicted octanol–water partition coefficient (Wildman–Crippen LogP) is 5.67. The molecule has 0 spiro atoms. The average Bonchev–Trinajstić information content (AvgIpc) is 3.32. The van der Waals surface area contributed by atoms with Gasteiger partial charge in [0.2, 0.25) is 0 Å². The number of nitrogens with one attached hydrogen (secondary N) is 1. The van der Waals surface area contributed by atoms with Crippen LogP contribution in [-0.2, 0) is 16.0 Å². The summed E-state index contributed by atoms with van der Waals surface area (Å²) in [5.74, 6) is -0.737. The Bertz CT molecular complexity index is 1120. The topological polar surface area (TPSA) is 49.4 Å². The fourth-order valence-electron chi connectivity index (χ4n) is 3.31. The Morgan fingerprint density at radius 1 is 1.03 bits per heavy atom. The number of carbonyl (C=O) groups excluding carboxylic acids is 2. The van der Waals surface area contributed by atoms with Crippen LogP contribution in [0.15, 0.2) is 65.7 Å². The van der Waals surface area contributed by atoms with E-state index in [-0.39, 0.29) is 17.5 Å². The molecular formula is C23H19ClN2O2S. The van der Waals surface area contributed by atoms with Gasteiger partial charge in [0.25, 0.3) is 11.8 Å². The van der Waals surface area contributed by atoms with E-state index in [0.29, 0.717) is 16.3 Å². The molecule has 0 fully saturated rings. The first-order chi connectivity index (χ1) is 14.0. The Balaban J connectivity index is 1.79. The van der Waals surface area contributed by atoms with E-state index in [1.54, 1.807) is 18.2 Å². The highest BCUT2D eigenvalue weighted by Gasteiger charge is 2.41. The quantitative estimate of drug-likeness (QED) is 0.539. The first-order valence-corrected chi connectivity index (χ1v) is 10.5. The molecule has 1 aliphatic heterocycles. The molecule has 4 nitrogen and oxygen atoms in total. The van der Waals surface area contributed by atoms with Crippen molar-refractivity contribution in [1.82, 2.24) is 0 Å². The number of hydrogen-bond acceptors (Lipinski definition) is 4. The lowest BCUT2D eigenvalue weighted by atomic mass is 10.1. The second-order valence-corrected chi connectivity index (χ2v) is 8.16. The summed E-state index contributed by atoms with van der Waals surface area (Å²) in [5, 5.41) is 5.55. The minimum absolute atomic E-state index is 0.279. The van der Waals surface area contributed by atoms with Crippen LogP contribution in [0.2, 0.25) is 5.02 Å². The molecule has 3 aromatic rings. The standard InChI is InChI=1S/C23H19ClN2O2S/c1-3-15-7-10-17(11-8-15)25-21-20(19-5-4-12-29-19)22(27)26(23(21)28)18-13-16(24)9-6-14(18)2/h4-13,25H,3H2,1-2H3. The third-order valence-electron chi connectivity index (χ3n) is 4.90. The van der Waals surface area contributed by atoms with E-state index in [2.05, 4.69) is 12.2 Å². The monoisotopic (exact) mass is 422 g/mol. The van der Waals surface area contributed by atoms with Crippen LogP contribution >= 0.6 is 22.9 Å². The number of nitrogens with zero attached hydrogens (tertiary/aromatic N) is 1. The van der Waals surface area contributed by atoms with Crippen LogP contribution in [-0.4, -0.2) is 11.8 Å². The number of benzene rings is 2. The van der Waals surface area contributed by atoms with Crippen molar-refractivity contribution in [2.75, 3.05) is 10.2 Å². The van der Waals surface area contributed by atoms with E-state index in [9.17, 15) is 9.59 Å². The van der Waals surface area contributed by atoms with Crippen LogP contribution < -0.4 is 10.2 Å². The van der Waals surface area contributed by atoms with Gasteiger partial charge in [0, 0.05) is 15.6 Å². The Morgan fingerprint density at radius 3 is 2.45 bits per heavy atom.